The molecule has 0 heterocycles. The molecule has 0 radical (unpaired) electrons. The van der Waals surface area contributed by atoms with Crippen LogP contribution in [0.25, 0.3) is 0 Å². The van der Waals surface area contributed by atoms with E-state index in [2.05, 4.69) is 10.2 Å². The van der Waals surface area contributed by atoms with Gasteiger partial charge in [0.05, 0.1) is 0 Å². The third-order valence-electron chi connectivity index (χ3n) is 5.02. The summed E-state index contributed by atoms with van der Waals surface area (Å²) in [5.74, 6) is -0.774. The van der Waals surface area contributed by atoms with Crippen molar-refractivity contribution >= 4 is 24.8 Å². The summed E-state index contributed by atoms with van der Waals surface area (Å²) in [7, 11) is 1.98. The van der Waals surface area contributed by atoms with E-state index in [0.29, 0.717) is 37.1 Å². The van der Waals surface area contributed by atoms with Crippen molar-refractivity contribution in [3.05, 3.63) is 34.4 Å². The van der Waals surface area contributed by atoms with E-state index in [1.165, 1.54) is 0 Å². The maximum atomic E-state index is 11.6. The highest BCUT2D eigenvalue weighted by Crippen LogP contribution is 2.17. The molecule has 166 valence electrons. The molecule has 0 aliphatic heterocycles. The predicted molar refractivity (Wildman–Crippen MR) is 116 cm³/mol. The second kappa shape index (κ2) is 15.5. The van der Waals surface area contributed by atoms with Crippen molar-refractivity contribution in [3.8, 4) is 0 Å². The van der Waals surface area contributed by atoms with E-state index < -0.39 is 5.97 Å². The minimum absolute atomic E-state index is 0.187. The second-order valence-corrected chi connectivity index (χ2v) is 7.62. The Balaban J connectivity index is 2.57. The Morgan fingerprint density at radius 3 is 2.30 bits per heavy atom. The van der Waals surface area contributed by atoms with E-state index in [1.54, 1.807) is 12.1 Å². The molecule has 0 unspecified atom stereocenters. The molecule has 0 spiro atoms. The van der Waals surface area contributed by atoms with Crippen molar-refractivity contribution in [1.82, 2.24) is 10.2 Å². The number of carboxylic acids is 1. The highest BCUT2D eigenvalue weighted by molar-refractivity contribution is 5.83. The maximum Gasteiger partial charge on any atom is 0.303 e. The molecule has 0 bridgehead atoms. The number of carbonyl (C=O) groups excluding carboxylic acids is 3. The molecule has 0 saturated heterocycles. The summed E-state index contributed by atoms with van der Waals surface area (Å²) in [6.45, 7) is 2.66. The molecule has 0 aromatic heterocycles. The van der Waals surface area contributed by atoms with Crippen molar-refractivity contribution in [1.29, 1.82) is 0 Å². The third kappa shape index (κ3) is 10.4. The average molecular weight is 419 g/mol. The van der Waals surface area contributed by atoms with Crippen molar-refractivity contribution in [3.63, 3.8) is 0 Å². The summed E-state index contributed by atoms with van der Waals surface area (Å²) in [6, 6.07) is 3.57. The number of aldehydes is 3. The van der Waals surface area contributed by atoms with E-state index in [9.17, 15) is 19.2 Å². The molecule has 30 heavy (non-hydrogen) atoms. The number of nitrogens with one attached hydrogen (secondary N) is 1. The fourth-order valence-corrected chi connectivity index (χ4v) is 3.32. The summed E-state index contributed by atoms with van der Waals surface area (Å²) < 4.78 is 0. The predicted octanol–water partition coefficient (Wildman–Crippen LogP) is 3.24. The minimum atomic E-state index is -0.774. The first kappa shape index (κ1) is 25.7. The fraction of sp³-hybridized carbons (Fsp3) is 0.565. The van der Waals surface area contributed by atoms with Gasteiger partial charge in [-0.3, -0.25) is 14.4 Å². The number of carbonyl (C=O) groups is 4. The number of hydrogen-bond donors (Lipinski definition) is 2. The van der Waals surface area contributed by atoms with Crippen LogP contribution in [0.3, 0.4) is 0 Å². The lowest BCUT2D eigenvalue weighted by atomic mass is 9.98. The Bertz CT molecular complexity index is 690. The molecule has 1 aromatic rings. The monoisotopic (exact) mass is 418 g/mol. The zero-order valence-electron chi connectivity index (χ0n) is 17.9. The lowest BCUT2D eigenvalue weighted by molar-refractivity contribution is -0.137. The molecule has 0 atom stereocenters. The summed E-state index contributed by atoms with van der Waals surface area (Å²) in [4.78, 5) is 46.1. The van der Waals surface area contributed by atoms with Gasteiger partial charge in [0.1, 0.15) is 18.9 Å². The summed E-state index contributed by atoms with van der Waals surface area (Å²) >= 11 is 0. The lowest BCUT2D eigenvalue weighted by Crippen LogP contribution is -2.21. The van der Waals surface area contributed by atoms with Crippen LogP contribution in [0.4, 0.5) is 0 Å². The fourth-order valence-electron chi connectivity index (χ4n) is 3.32. The van der Waals surface area contributed by atoms with Crippen LogP contribution in [0.1, 0.15) is 83.2 Å². The van der Waals surface area contributed by atoms with Crippen LogP contribution in [-0.4, -0.2) is 55.0 Å². The SMILES string of the molecule is CN(CCCCCC=O)Cc1cc(C=O)c(CNCCCCCC(=O)O)cc1C=O. The molecule has 2 N–H and O–H groups in total. The van der Waals surface area contributed by atoms with Gasteiger partial charge in [-0.15, -0.1) is 0 Å². The second-order valence-electron chi connectivity index (χ2n) is 7.62. The number of rotatable bonds is 18. The molecular weight excluding hydrogens is 384 g/mol. The smallest absolute Gasteiger partial charge is 0.303 e. The summed E-state index contributed by atoms with van der Waals surface area (Å²) in [5.41, 5.74) is 2.79. The highest BCUT2D eigenvalue weighted by Gasteiger charge is 2.11. The van der Waals surface area contributed by atoms with Crippen LogP contribution in [0.2, 0.25) is 0 Å². The van der Waals surface area contributed by atoms with Crippen LogP contribution < -0.4 is 5.32 Å². The van der Waals surface area contributed by atoms with Gasteiger partial charge in [0.25, 0.3) is 0 Å². The maximum absolute atomic E-state index is 11.6. The van der Waals surface area contributed by atoms with Crippen LogP contribution in [0.5, 0.6) is 0 Å². The number of benzene rings is 1. The Labute approximate surface area is 178 Å². The summed E-state index contributed by atoms with van der Waals surface area (Å²) in [6.07, 6.45) is 8.60. The normalized spacial score (nSPS) is 10.9. The Kier molecular flexibility index (Phi) is 13.2. The van der Waals surface area contributed by atoms with E-state index in [4.69, 9.17) is 5.11 Å². The van der Waals surface area contributed by atoms with Gasteiger partial charge in [-0.1, -0.05) is 12.8 Å². The van der Waals surface area contributed by atoms with E-state index in [0.717, 1.165) is 75.2 Å². The van der Waals surface area contributed by atoms with Crippen molar-refractivity contribution in [2.24, 2.45) is 0 Å². The molecule has 1 aromatic carbocycles. The molecule has 0 aliphatic rings. The van der Waals surface area contributed by atoms with Crippen molar-refractivity contribution in [2.75, 3.05) is 20.1 Å². The van der Waals surface area contributed by atoms with Gasteiger partial charge in [-0.25, -0.2) is 0 Å². The molecule has 0 amide bonds. The van der Waals surface area contributed by atoms with Gasteiger partial charge in [0, 0.05) is 37.1 Å². The zero-order valence-corrected chi connectivity index (χ0v) is 17.9. The molecular formula is C23H34N2O5. The van der Waals surface area contributed by atoms with Crippen LogP contribution in [0, 0.1) is 0 Å². The first-order chi connectivity index (χ1) is 14.5. The summed E-state index contributed by atoms with van der Waals surface area (Å²) in [5, 5.41) is 11.9. The topological polar surface area (TPSA) is 104 Å². The number of aliphatic carboxylic acids is 1. The molecule has 7 heteroatoms. The first-order valence-electron chi connectivity index (χ1n) is 10.6. The molecule has 1 rings (SSSR count). The Hall–Kier alpha value is -2.38. The van der Waals surface area contributed by atoms with Crippen LogP contribution in [0.15, 0.2) is 12.1 Å². The van der Waals surface area contributed by atoms with E-state index >= 15 is 0 Å². The molecule has 0 aliphatic carbocycles. The van der Waals surface area contributed by atoms with Crippen LogP contribution in [-0.2, 0) is 22.7 Å². The largest absolute Gasteiger partial charge is 0.481 e. The number of unbranched alkanes of at least 4 members (excludes halogenated alkanes) is 5. The highest BCUT2D eigenvalue weighted by atomic mass is 16.4. The lowest BCUT2D eigenvalue weighted by Gasteiger charge is -2.19. The quantitative estimate of drug-likeness (QED) is 0.279. The molecule has 0 saturated carbocycles. The Morgan fingerprint density at radius 2 is 1.63 bits per heavy atom. The number of carboxylic acid groups (broad SMARTS) is 1. The van der Waals surface area contributed by atoms with Crippen molar-refractivity contribution < 1.29 is 24.3 Å². The Morgan fingerprint density at radius 1 is 0.967 bits per heavy atom. The van der Waals surface area contributed by atoms with E-state index in [1.807, 2.05) is 7.05 Å². The zero-order chi connectivity index (χ0) is 22.2. The minimum Gasteiger partial charge on any atom is -0.481 e. The third-order valence-corrected chi connectivity index (χ3v) is 5.02. The average Bonchev–Trinajstić information content (AvgIpc) is 2.73. The molecule has 7 nitrogen and oxygen atoms in total. The van der Waals surface area contributed by atoms with Gasteiger partial charge < -0.3 is 20.1 Å². The molecule has 0 fully saturated rings. The number of hydrogen-bond acceptors (Lipinski definition) is 6. The van der Waals surface area contributed by atoms with E-state index in [-0.39, 0.29) is 6.42 Å². The van der Waals surface area contributed by atoms with Gasteiger partial charge in [0.15, 0.2) is 0 Å². The van der Waals surface area contributed by atoms with Gasteiger partial charge >= 0.3 is 5.97 Å². The standard InChI is InChI=1S/C23H34N2O5/c1-25(11-7-2-3-8-12-26)16-20-14-21(17-27)19(13-22(20)18-28)15-24-10-6-4-5-9-23(29)30/h12-14,17-18,24H,2-11,15-16H2,1H3,(H,29,30). The van der Waals surface area contributed by atoms with Crippen LogP contribution >= 0.6 is 0 Å². The van der Waals surface area contributed by atoms with Gasteiger partial charge in [-0.2, -0.15) is 0 Å². The first-order valence-corrected chi connectivity index (χ1v) is 10.6. The van der Waals surface area contributed by atoms with Gasteiger partial charge in [0.2, 0.25) is 0 Å². The number of nitrogens with zero attached hydrogens (tertiary/aromatic N) is 1. The van der Waals surface area contributed by atoms with Crippen molar-refractivity contribution in [2.45, 2.75) is 64.5 Å². The van der Waals surface area contributed by atoms with Gasteiger partial charge in [-0.05, 0) is 69.1 Å².